The number of carboxylic acid groups (broad SMARTS) is 2. The van der Waals surface area contributed by atoms with Crippen LogP contribution in [0.2, 0.25) is 0 Å². The molecule has 1 saturated heterocycles. The van der Waals surface area contributed by atoms with Crippen molar-refractivity contribution in [2.75, 3.05) is 6.54 Å². The summed E-state index contributed by atoms with van der Waals surface area (Å²) in [5.74, 6) is -1.06. The second kappa shape index (κ2) is 4.91. The molecule has 1 aliphatic heterocycles. The molecule has 2 N–H and O–H groups in total. The van der Waals surface area contributed by atoms with Crippen molar-refractivity contribution < 1.29 is 19.8 Å². The number of hydrogen-bond acceptors (Lipinski definition) is 2. The summed E-state index contributed by atoms with van der Waals surface area (Å²) >= 11 is 0. The fourth-order valence-corrected chi connectivity index (χ4v) is 2.68. The van der Waals surface area contributed by atoms with Gasteiger partial charge in [-0.05, 0) is 25.3 Å². The molecule has 1 unspecified atom stereocenters. The van der Waals surface area contributed by atoms with Crippen molar-refractivity contribution in [1.82, 2.24) is 4.90 Å². The van der Waals surface area contributed by atoms with Gasteiger partial charge >= 0.3 is 12.1 Å². The van der Waals surface area contributed by atoms with Gasteiger partial charge in [-0.1, -0.05) is 29.8 Å². The van der Waals surface area contributed by atoms with E-state index < -0.39 is 17.6 Å². The van der Waals surface area contributed by atoms with Gasteiger partial charge < -0.3 is 10.2 Å². The van der Waals surface area contributed by atoms with Crippen LogP contribution in [0.3, 0.4) is 0 Å². The molecule has 0 bridgehead atoms. The van der Waals surface area contributed by atoms with Gasteiger partial charge in [0.15, 0.2) is 0 Å². The first-order valence-corrected chi connectivity index (χ1v) is 6.25. The maximum absolute atomic E-state index is 11.6. The van der Waals surface area contributed by atoms with Crippen LogP contribution in [0.4, 0.5) is 4.79 Å². The van der Waals surface area contributed by atoms with Crippen molar-refractivity contribution in [3.05, 3.63) is 35.4 Å². The molecule has 0 radical (unpaired) electrons. The molecule has 0 aromatic heterocycles. The van der Waals surface area contributed by atoms with Crippen molar-refractivity contribution in [1.29, 1.82) is 0 Å². The minimum atomic E-state index is -1.32. The number of likely N-dealkylation sites (tertiary alicyclic amines) is 1. The predicted molar refractivity (Wildman–Crippen MR) is 69.2 cm³/mol. The zero-order valence-corrected chi connectivity index (χ0v) is 10.8. The molecular weight excluding hydrogens is 246 g/mol. The first-order valence-electron chi connectivity index (χ1n) is 6.25. The molecule has 1 aliphatic rings. The first kappa shape index (κ1) is 13.4. The number of nitrogens with zero attached hydrogens (tertiary/aromatic N) is 1. The van der Waals surface area contributed by atoms with E-state index in [1.807, 2.05) is 31.2 Å². The van der Waals surface area contributed by atoms with Crippen LogP contribution in [0.5, 0.6) is 0 Å². The summed E-state index contributed by atoms with van der Waals surface area (Å²) in [5, 5.41) is 18.7. The van der Waals surface area contributed by atoms with Crippen LogP contribution in [0.1, 0.15) is 24.0 Å². The summed E-state index contributed by atoms with van der Waals surface area (Å²) in [7, 11) is 0. The topological polar surface area (TPSA) is 77.8 Å². The number of aliphatic carboxylic acids is 1. The minimum absolute atomic E-state index is 0.217. The summed E-state index contributed by atoms with van der Waals surface area (Å²) in [5.41, 5.74) is 0.622. The molecule has 102 valence electrons. The van der Waals surface area contributed by atoms with E-state index in [0.29, 0.717) is 12.8 Å². The molecule has 0 aliphatic carbocycles. The normalized spacial score (nSPS) is 22.5. The highest BCUT2D eigenvalue weighted by molar-refractivity contribution is 5.85. The lowest BCUT2D eigenvalue weighted by molar-refractivity contribution is -0.148. The summed E-state index contributed by atoms with van der Waals surface area (Å²) in [6.45, 7) is 2.24. The fourth-order valence-electron chi connectivity index (χ4n) is 2.68. The average molecular weight is 263 g/mol. The Morgan fingerprint density at radius 1 is 1.26 bits per heavy atom. The van der Waals surface area contributed by atoms with E-state index in [1.165, 1.54) is 0 Å². The smallest absolute Gasteiger partial charge is 0.408 e. The summed E-state index contributed by atoms with van der Waals surface area (Å²) in [6, 6.07) is 7.53. The monoisotopic (exact) mass is 263 g/mol. The van der Waals surface area contributed by atoms with Gasteiger partial charge in [0, 0.05) is 13.0 Å². The predicted octanol–water partition coefficient (Wildman–Crippen LogP) is 2.13. The Hall–Kier alpha value is -2.04. The van der Waals surface area contributed by atoms with Crippen molar-refractivity contribution in [2.45, 2.75) is 31.7 Å². The molecular formula is C14H17NO4. The maximum atomic E-state index is 11.6. The van der Waals surface area contributed by atoms with Gasteiger partial charge in [0.2, 0.25) is 0 Å². The van der Waals surface area contributed by atoms with Crippen LogP contribution in [0.15, 0.2) is 24.3 Å². The van der Waals surface area contributed by atoms with Crippen LogP contribution in [0.25, 0.3) is 0 Å². The molecule has 1 atom stereocenters. The zero-order valence-electron chi connectivity index (χ0n) is 10.8. The van der Waals surface area contributed by atoms with Crippen molar-refractivity contribution >= 4 is 12.1 Å². The fraction of sp³-hybridized carbons (Fsp3) is 0.429. The molecule has 0 saturated carbocycles. The largest absolute Gasteiger partial charge is 0.479 e. The number of aryl methyl sites for hydroxylation is 1. The lowest BCUT2D eigenvalue weighted by Crippen LogP contribution is -2.54. The number of rotatable bonds is 3. The van der Waals surface area contributed by atoms with Crippen LogP contribution in [-0.4, -0.2) is 39.3 Å². The van der Waals surface area contributed by atoms with Gasteiger partial charge in [-0.3, -0.25) is 4.90 Å². The highest BCUT2D eigenvalue weighted by atomic mass is 16.4. The van der Waals surface area contributed by atoms with Crippen molar-refractivity contribution in [3.8, 4) is 0 Å². The molecule has 2 rings (SSSR count). The van der Waals surface area contributed by atoms with Crippen molar-refractivity contribution in [3.63, 3.8) is 0 Å². The molecule has 1 aromatic rings. The van der Waals surface area contributed by atoms with E-state index in [9.17, 15) is 19.8 Å². The van der Waals surface area contributed by atoms with Gasteiger partial charge in [0.1, 0.15) is 5.54 Å². The number of benzene rings is 1. The third kappa shape index (κ3) is 2.41. The van der Waals surface area contributed by atoms with Gasteiger partial charge in [-0.25, -0.2) is 9.59 Å². The Bertz CT molecular complexity index is 497. The second-order valence-electron chi connectivity index (χ2n) is 5.04. The van der Waals surface area contributed by atoms with E-state index in [1.54, 1.807) is 0 Å². The Labute approximate surface area is 111 Å². The van der Waals surface area contributed by atoms with Gasteiger partial charge in [-0.2, -0.15) is 0 Å². The van der Waals surface area contributed by atoms with E-state index in [2.05, 4.69) is 0 Å². The Kier molecular flexibility index (Phi) is 3.46. The second-order valence-corrected chi connectivity index (χ2v) is 5.04. The molecule has 0 spiro atoms. The number of carbonyl (C=O) groups is 2. The molecule has 1 fully saturated rings. The van der Waals surface area contributed by atoms with Crippen LogP contribution in [0, 0.1) is 6.92 Å². The van der Waals surface area contributed by atoms with E-state index in [0.717, 1.165) is 16.0 Å². The Morgan fingerprint density at radius 2 is 1.89 bits per heavy atom. The van der Waals surface area contributed by atoms with Crippen molar-refractivity contribution in [2.24, 2.45) is 0 Å². The Morgan fingerprint density at radius 3 is 2.42 bits per heavy atom. The molecule has 5 nitrogen and oxygen atoms in total. The lowest BCUT2D eigenvalue weighted by Gasteiger charge is -2.32. The quantitative estimate of drug-likeness (QED) is 0.875. The van der Waals surface area contributed by atoms with Crippen LogP contribution >= 0.6 is 0 Å². The number of carboxylic acids is 1. The highest BCUT2D eigenvalue weighted by Crippen LogP contribution is 2.33. The van der Waals surface area contributed by atoms with E-state index >= 15 is 0 Å². The standard InChI is InChI=1S/C14H17NO4/c1-10-3-5-11(6-4-10)9-14(12(16)17)7-2-8-15(14)13(18)19/h3-6H,2,7-9H2,1H3,(H,16,17)(H,18,19). The first-order chi connectivity index (χ1) is 8.95. The third-order valence-electron chi connectivity index (χ3n) is 3.73. The summed E-state index contributed by atoms with van der Waals surface area (Å²) < 4.78 is 0. The lowest BCUT2D eigenvalue weighted by atomic mass is 9.88. The van der Waals surface area contributed by atoms with Gasteiger partial charge in [0.25, 0.3) is 0 Å². The summed E-state index contributed by atoms with van der Waals surface area (Å²) in [4.78, 5) is 23.9. The average Bonchev–Trinajstić information content (AvgIpc) is 2.77. The number of amides is 1. The molecule has 1 heterocycles. The van der Waals surface area contributed by atoms with Crippen LogP contribution < -0.4 is 0 Å². The highest BCUT2D eigenvalue weighted by Gasteiger charge is 2.50. The minimum Gasteiger partial charge on any atom is -0.479 e. The zero-order chi connectivity index (χ0) is 14.0. The van der Waals surface area contributed by atoms with Gasteiger partial charge in [0.05, 0.1) is 0 Å². The molecule has 1 amide bonds. The maximum Gasteiger partial charge on any atom is 0.408 e. The summed E-state index contributed by atoms with van der Waals surface area (Å²) in [6.07, 6.45) is 0.00836. The number of hydrogen-bond donors (Lipinski definition) is 2. The van der Waals surface area contributed by atoms with Gasteiger partial charge in [-0.15, -0.1) is 0 Å². The molecule has 19 heavy (non-hydrogen) atoms. The third-order valence-corrected chi connectivity index (χ3v) is 3.73. The molecule has 1 aromatic carbocycles. The Balaban J connectivity index is 2.32. The molecule has 5 heteroatoms. The van der Waals surface area contributed by atoms with Crippen LogP contribution in [-0.2, 0) is 11.2 Å². The van der Waals surface area contributed by atoms with E-state index in [-0.39, 0.29) is 13.0 Å². The SMILES string of the molecule is Cc1ccc(CC2(C(=O)O)CCCN2C(=O)O)cc1. The van der Waals surface area contributed by atoms with E-state index in [4.69, 9.17) is 0 Å².